The molecule has 4 atom stereocenters. The second-order valence-electron chi connectivity index (χ2n) is 7.44. The average molecular weight is 333 g/mol. The zero-order valence-corrected chi connectivity index (χ0v) is 14.4. The number of hydrogen-bond donors (Lipinski definition) is 0. The van der Waals surface area contributed by atoms with Gasteiger partial charge in [0, 0.05) is 6.54 Å². The maximum absolute atomic E-state index is 12.4. The molecular formula is C19H27NO4. The smallest absolute Gasteiger partial charge is 0.307 e. The fourth-order valence-electron chi connectivity index (χ4n) is 4.17. The monoisotopic (exact) mass is 333 g/mol. The van der Waals surface area contributed by atoms with Gasteiger partial charge in [-0.05, 0) is 37.5 Å². The van der Waals surface area contributed by atoms with E-state index in [9.17, 15) is 14.4 Å². The van der Waals surface area contributed by atoms with Crippen LogP contribution in [0.1, 0.15) is 51.9 Å². The van der Waals surface area contributed by atoms with E-state index in [1.165, 1.54) is 4.90 Å². The number of carbonyl (C=O) groups is 3. The highest BCUT2D eigenvalue weighted by Gasteiger charge is 2.47. The van der Waals surface area contributed by atoms with Gasteiger partial charge in [-0.15, -0.1) is 0 Å². The van der Waals surface area contributed by atoms with E-state index in [2.05, 4.69) is 19.1 Å². The molecular weight excluding hydrogens is 306 g/mol. The van der Waals surface area contributed by atoms with E-state index in [1.807, 2.05) is 0 Å². The van der Waals surface area contributed by atoms with Crippen LogP contribution in [0.15, 0.2) is 12.2 Å². The predicted molar refractivity (Wildman–Crippen MR) is 88.8 cm³/mol. The summed E-state index contributed by atoms with van der Waals surface area (Å²) in [5.41, 5.74) is 0. The SMILES string of the molecule is C[C@@H]1CC=CC[C@@H]1COC(=O)CCN1C(=O)[C@H]2CCCC[C@H]2C1=O. The van der Waals surface area contributed by atoms with E-state index in [1.54, 1.807) is 0 Å². The van der Waals surface area contributed by atoms with Crippen molar-refractivity contribution in [2.24, 2.45) is 23.7 Å². The summed E-state index contributed by atoms with van der Waals surface area (Å²) in [4.78, 5) is 38.0. The van der Waals surface area contributed by atoms with Gasteiger partial charge in [0.15, 0.2) is 0 Å². The molecule has 1 heterocycles. The Morgan fingerprint density at radius 3 is 2.38 bits per heavy atom. The van der Waals surface area contributed by atoms with Gasteiger partial charge in [0.2, 0.25) is 11.8 Å². The molecule has 132 valence electrons. The number of nitrogens with zero attached hydrogens (tertiary/aromatic N) is 1. The molecule has 0 unspecified atom stereocenters. The molecule has 0 spiro atoms. The lowest BCUT2D eigenvalue weighted by Gasteiger charge is -2.24. The first-order chi connectivity index (χ1) is 11.6. The molecule has 1 saturated carbocycles. The van der Waals surface area contributed by atoms with E-state index >= 15 is 0 Å². The third-order valence-corrected chi connectivity index (χ3v) is 5.85. The van der Waals surface area contributed by atoms with Gasteiger partial charge >= 0.3 is 5.97 Å². The second-order valence-corrected chi connectivity index (χ2v) is 7.44. The molecule has 24 heavy (non-hydrogen) atoms. The fraction of sp³-hybridized carbons (Fsp3) is 0.737. The van der Waals surface area contributed by atoms with Gasteiger partial charge in [0.25, 0.3) is 0 Å². The minimum atomic E-state index is -0.313. The van der Waals surface area contributed by atoms with Crippen LogP contribution in [0.3, 0.4) is 0 Å². The maximum Gasteiger partial charge on any atom is 0.307 e. The Morgan fingerprint density at radius 2 is 1.75 bits per heavy atom. The molecule has 1 saturated heterocycles. The Hall–Kier alpha value is -1.65. The Kier molecular flexibility index (Phi) is 5.36. The molecule has 1 aliphatic heterocycles. The van der Waals surface area contributed by atoms with Crippen molar-refractivity contribution in [1.29, 1.82) is 0 Å². The molecule has 0 aromatic rings. The average Bonchev–Trinajstić information content (AvgIpc) is 2.84. The van der Waals surface area contributed by atoms with Gasteiger partial charge < -0.3 is 4.74 Å². The lowest BCUT2D eigenvalue weighted by molar-refractivity contribution is -0.147. The first kappa shape index (κ1) is 17.2. The van der Waals surface area contributed by atoms with E-state index in [0.29, 0.717) is 18.4 Å². The van der Waals surface area contributed by atoms with Crippen molar-refractivity contribution < 1.29 is 19.1 Å². The topological polar surface area (TPSA) is 63.7 Å². The lowest BCUT2D eigenvalue weighted by atomic mass is 9.81. The first-order valence-corrected chi connectivity index (χ1v) is 9.23. The predicted octanol–water partition coefficient (Wildman–Crippen LogP) is 2.70. The van der Waals surface area contributed by atoms with Gasteiger partial charge in [0.05, 0.1) is 24.9 Å². The molecule has 2 amide bonds. The number of imide groups is 1. The van der Waals surface area contributed by atoms with Crippen LogP contribution in [0.5, 0.6) is 0 Å². The van der Waals surface area contributed by atoms with Crippen molar-refractivity contribution in [1.82, 2.24) is 4.90 Å². The van der Waals surface area contributed by atoms with Crippen LogP contribution in [0.2, 0.25) is 0 Å². The quantitative estimate of drug-likeness (QED) is 0.441. The number of likely N-dealkylation sites (tertiary alicyclic amines) is 1. The maximum atomic E-state index is 12.4. The van der Waals surface area contributed by atoms with Gasteiger partial charge in [-0.25, -0.2) is 0 Å². The standard InChI is InChI=1S/C19H27NO4/c1-13-6-2-3-7-14(13)12-24-17(21)10-11-20-18(22)15-8-4-5-9-16(15)19(20)23/h2-3,13-16H,4-12H2,1H3/t13-,14-,15-,16+/m1/s1. The molecule has 5 heteroatoms. The zero-order valence-electron chi connectivity index (χ0n) is 14.4. The van der Waals surface area contributed by atoms with E-state index < -0.39 is 0 Å². The number of ether oxygens (including phenoxy) is 1. The van der Waals surface area contributed by atoms with Gasteiger partial charge in [0.1, 0.15) is 0 Å². The number of hydrogen-bond acceptors (Lipinski definition) is 4. The van der Waals surface area contributed by atoms with Crippen molar-refractivity contribution in [2.45, 2.75) is 51.9 Å². The van der Waals surface area contributed by atoms with Crippen molar-refractivity contribution in [3.8, 4) is 0 Å². The van der Waals surface area contributed by atoms with Crippen LogP contribution in [0.4, 0.5) is 0 Å². The van der Waals surface area contributed by atoms with Crippen molar-refractivity contribution in [3.63, 3.8) is 0 Å². The Balaban J connectivity index is 1.45. The van der Waals surface area contributed by atoms with Crippen molar-refractivity contribution in [3.05, 3.63) is 12.2 Å². The summed E-state index contributed by atoms with van der Waals surface area (Å²) in [6.45, 7) is 2.77. The first-order valence-electron chi connectivity index (χ1n) is 9.23. The number of allylic oxidation sites excluding steroid dienone is 2. The fourth-order valence-corrected chi connectivity index (χ4v) is 4.17. The lowest BCUT2D eigenvalue weighted by Crippen LogP contribution is -2.33. The summed E-state index contributed by atoms with van der Waals surface area (Å²) in [6, 6.07) is 0. The molecule has 3 aliphatic rings. The Morgan fingerprint density at radius 1 is 1.12 bits per heavy atom. The van der Waals surface area contributed by atoms with Gasteiger partial charge in [-0.1, -0.05) is 31.9 Å². The summed E-state index contributed by atoms with van der Waals surface area (Å²) in [5, 5.41) is 0. The molecule has 0 aromatic carbocycles. The molecule has 5 nitrogen and oxygen atoms in total. The molecule has 2 aliphatic carbocycles. The third kappa shape index (κ3) is 3.55. The Labute approximate surface area is 143 Å². The normalized spacial score (nSPS) is 32.8. The largest absolute Gasteiger partial charge is 0.465 e. The van der Waals surface area contributed by atoms with Crippen LogP contribution >= 0.6 is 0 Å². The highest BCUT2D eigenvalue weighted by atomic mass is 16.5. The summed E-state index contributed by atoms with van der Waals surface area (Å²) >= 11 is 0. The third-order valence-electron chi connectivity index (χ3n) is 5.85. The van der Waals surface area contributed by atoms with Gasteiger partial charge in [-0.3, -0.25) is 19.3 Å². The molecule has 0 bridgehead atoms. The summed E-state index contributed by atoms with van der Waals surface area (Å²) in [5.74, 6) is 0.137. The molecule has 0 radical (unpaired) electrons. The van der Waals surface area contributed by atoms with Crippen molar-refractivity contribution >= 4 is 17.8 Å². The number of carbonyl (C=O) groups excluding carboxylic acids is 3. The summed E-state index contributed by atoms with van der Waals surface area (Å²) < 4.78 is 5.38. The molecule has 2 fully saturated rings. The van der Waals surface area contributed by atoms with E-state index in [0.717, 1.165) is 38.5 Å². The van der Waals surface area contributed by atoms with Crippen LogP contribution in [-0.4, -0.2) is 35.8 Å². The summed E-state index contributed by atoms with van der Waals surface area (Å²) in [6.07, 6.45) is 10.0. The van der Waals surface area contributed by atoms with Crippen LogP contribution < -0.4 is 0 Å². The molecule has 0 aromatic heterocycles. The summed E-state index contributed by atoms with van der Waals surface area (Å²) in [7, 11) is 0. The van der Waals surface area contributed by atoms with Gasteiger partial charge in [-0.2, -0.15) is 0 Å². The molecule has 0 N–H and O–H groups in total. The van der Waals surface area contributed by atoms with E-state index in [4.69, 9.17) is 4.74 Å². The van der Waals surface area contributed by atoms with Crippen LogP contribution in [0, 0.1) is 23.7 Å². The van der Waals surface area contributed by atoms with Crippen molar-refractivity contribution in [2.75, 3.05) is 13.2 Å². The Bertz CT molecular complexity index is 517. The van der Waals surface area contributed by atoms with E-state index in [-0.39, 0.29) is 42.6 Å². The van der Waals surface area contributed by atoms with Crippen LogP contribution in [-0.2, 0) is 19.1 Å². The number of fused-ring (bicyclic) bond motifs is 1. The second kappa shape index (κ2) is 7.49. The number of rotatable bonds is 5. The number of amides is 2. The highest BCUT2D eigenvalue weighted by Crippen LogP contribution is 2.38. The minimum Gasteiger partial charge on any atom is -0.465 e. The van der Waals surface area contributed by atoms with Crippen LogP contribution in [0.25, 0.3) is 0 Å². The minimum absolute atomic E-state index is 0.0801. The molecule has 3 rings (SSSR count). The number of esters is 1. The zero-order chi connectivity index (χ0) is 17.1. The highest BCUT2D eigenvalue weighted by molar-refractivity contribution is 6.05.